The summed E-state index contributed by atoms with van der Waals surface area (Å²) in [5.41, 5.74) is 0. The Morgan fingerprint density at radius 1 is 1.57 bits per heavy atom. The normalized spacial score (nSPS) is 19.2. The number of aliphatic hydroxyl groups excluding tert-OH is 1. The molecule has 0 spiro atoms. The molecular formula is C14H24N4O2S. The maximum atomic E-state index is 12.3. The number of carbonyl (C=O) groups excluding carboxylic acids is 1. The van der Waals surface area contributed by atoms with Crippen molar-refractivity contribution in [3.8, 4) is 0 Å². The predicted octanol–water partition coefficient (Wildman–Crippen LogP) is 1.57. The van der Waals surface area contributed by atoms with Gasteiger partial charge in [0, 0.05) is 25.7 Å². The van der Waals surface area contributed by atoms with Crippen LogP contribution in [0.15, 0.2) is 11.5 Å². The molecule has 1 fully saturated rings. The van der Waals surface area contributed by atoms with Gasteiger partial charge in [0.1, 0.15) is 6.33 Å². The molecule has 0 aliphatic carbocycles. The van der Waals surface area contributed by atoms with Crippen molar-refractivity contribution < 1.29 is 9.90 Å². The number of likely N-dealkylation sites (tertiary alicyclic amines) is 1. The first kappa shape index (κ1) is 16.3. The summed E-state index contributed by atoms with van der Waals surface area (Å²) >= 11 is 1.45. The largest absolute Gasteiger partial charge is 0.396 e. The van der Waals surface area contributed by atoms with Crippen molar-refractivity contribution in [2.45, 2.75) is 44.3 Å². The van der Waals surface area contributed by atoms with E-state index in [2.05, 4.69) is 24.0 Å². The van der Waals surface area contributed by atoms with Crippen LogP contribution < -0.4 is 0 Å². The molecule has 2 rings (SSSR count). The summed E-state index contributed by atoms with van der Waals surface area (Å²) < 4.78 is 1.97. The summed E-state index contributed by atoms with van der Waals surface area (Å²) in [6.45, 7) is 5.95. The number of aliphatic hydroxyl groups is 1. The number of amides is 1. The van der Waals surface area contributed by atoms with Crippen LogP contribution in [-0.4, -0.2) is 56.1 Å². The zero-order valence-electron chi connectivity index (χ0n) is 12.7. The summed E-state index contributed by atoms with van der Waals surface area (Å²) in [6.07, 6.45) is 4.64. The fourth-order valence-corrected chi connectivity index (χ4v) is 3.56. The molecule has 1 aliphatic heterocycles. The Bertz CT molecular complexity index is 462. The van der Waals surface area contributed by atoms with Gasteiger partial charge in [0.15, 0.2) is 5.16 Å². The molecule has 1 aromatic rings. The lowest BCUT2D eigenvalue weighted by molar-refractivity contribution is -0.130. The van der Waals surface area contributed by atoms with Gasteiger partial charge in [-0.3, -0.25) is 4.79 Å². The summed E-state index contributed by atoms with van der Waals surface area (Å²) in [4.78, 5) is 14.2. The molecule has 1 amide bonds. The van der Waals surface area contributed by atoms with E-state index in [0.717, 1.165) is 37.5 Å². The monoisotopic (exact) mass is 312 g/mol. The van der Waals surface area contributed by atoms with E-state index >= 15 is 0 Å². The first-order valence-electron chi connectivity index (χ1n) is 7.52. The topological polar surface area (TPSA) is 71.2 Å². The van der Waals surface area contributed by atoms with Gasteiger partial charge in [-0.25, -0.2) is 0 Å². The summed E-state index contributed by atoms with van der Waals surface area (Å²) in [5, 5.41) is 17.8. The quantitative estimate of drug-likeness (QED) is 0.807. The van der Waals surface area contributed by atoms with Crippen molar-refractivity contribution in [1.29, 1.82) is 0 Å². The molecule has 0 aromatic carbocycles. The number of hydrogen-bond acceptors (Lipinski definition) is 5. The lowest BCUT2D eigenvalue weighted by atomic mass is 9.95. The predicted molar refractivity (Wildman–Crippen MR) is 82.1 cm³/mol. The van der Waals surface area contributed by atoms with Gasteiger partial charge >= 0.3 is 0 Å². The molecule has 0 radical (unpaired) electrons. The fourth-order valence-electron chi connectivity index (χ4n) is 2.62. The molecule has 2 heterocycles. The van der Waals surface area contributed by atoms with Gasteiger partial charge < -0.3 is 14.6 Å². The van der Waals surface area contributed by atoms with Crippen LogP contribution >= 0.6 is 11.8 Å². The van der Waals surface area contributed by atoms with Gasteiger partial charge in [-0.2, -0.15) is 0 Å². The number of hydrogen-bond donors (Lipinski definition) is 1. The molecule has 7 heteroatoms. The van der Waals surface area contributed by atoms with Crippen LogP contribution in [0.2, 0.25) is 0 Å². The number of carbonyl (C=O) groups is 1. The van der Waals surface area contributed by atoms with Crippen LogP contribution in [0.1, 0.15) is 39.2 Å². The number of rotatable bonds is 6. The van der Waals surface area contributed by atoms with E-state index in [0.29, 0.717) is 17.7 Å². The van der Waals surface area contributed by atoms with Crippen molar-refractivity contribution >= 4 is 17.7 Å². The SMILES string of the molecule is CC(C)n1cnnc1SCC(=O)N1CCCC(CCO)C1. The highest BCUT2D eigenvalue weighted by Crippen LogP contribution is 2.22. The van der Waals surface area contributed by atoms with E-state index in [-0.39, 0.29) is 12.5 Å². The average molecular weight is 312 g/mol. The lowest BCUT2D eigenvalue weighted by Gasteiger charge is -2.32. The van der Waals surface area contributed by atoms with Crippen LogP contribution in [0.5, 0.6) is 0 Å². The standard InChI is InChI=1S/C14H24N4O2S/c1-11(2)18-10-15-16-14(18)21-9-13(20)17-6-3-4-12(8-17)5-7-19/h10-12,19H,3-9H2,1-2H3. The van der Waals surface area contributed by atoms with Crippen molar-refractivity contribution in [2.75, 3.05) is 25.4 Å². The van der Waals surface area contributed by atoms with Crippen molar-refractivity contribution in [3.63, 3.8) is 0 Å². The van der Waals surface area contributed by atoms with Gasteiger partial charge in [-0.15, -0.1) is 10.2 Å². The second kappa shape index (κ2) is 7.79. The van der Waals surface area contributed by atoms with E-state index in [4.69, 9.17) is 5.11 Å². The third-order valence-corrected chi connectivity index (χ3v) is 4.77. The van der Waals surface area contributed by atoms with E-state index in [1.807, 2.05) is 9.47 Å². The molecule has 1 aliphatic rings. The van der Waals surface area contributed by atoms with Gasteiger partial charge in [-0.1, -0.05) is 11.8 Å². The number of piperidine rings is 1. The van der Waals surface area contributed by atoms with Gasteiger partial charge in [-0.05, 0) is 39.0 Å². The Kier molecular flexibility index (Phi) is 6.05. The molecule has 1 atom stereocenters. The molecule has 0 bridgehead atoms. The van der Waals surface area contributed by atoms with Crippen LogP contribution in [0.4, 0.5) is 0 Å². The van der Waals surface area contributed by atoms with Gasteiger partial charge in [0.25, 0.3) is 0 Å². The van der Waals surface area contributed by atoms with Crippen LogP contribution in [0.25, 0.3) is 0 Å². The van der Waals surface area contributed by atoms with Crippen molar-refractivity contribution in [3.05, 3.63) is 6.33 Å². The number of aromatic nitrogens is 3. The Labute approximate surface area is 129 Å². The highest BCUT2D eigenvalue weighted by Gasteiger charge is 2.23. The Balaban J connectivity index is 1.85. The maximum absolute atomic E-state index is 12.3. The maximum Gasteiger partial charge on any atom is 0.233 e. The molecule has 1 saturated heterocycles. The first-order chi connectivity index (χ1) is 10.1. The van der Waals surface area contributed by atoms with E-state index in [9.17, 15) is 4.79 Å². The first-order valence-corrected chi connectivity index (χ1v) is 8.51. The minimum absolute atomic E-state index is 0.154. The summed E-state index contributed by atoms with van der Waals surface area (Å²) in [6, 6.07) is 0.293. The smallest absolute Gasteiger partial charge is 0.233 e. The molecular weight excluding hydrogens is 288 g/mol. The van der Waals surface area contributed by atoms with Gasteiger partial charge in [0.05, 0.1) is 5.75 Å². The van der Waals surface area contributed by atoms with Crippen LogP contribution in [0, 0.1) is 5.92 Å². The zero-order chi connectivity index (χ0) is 15.2. The van der Waals surface area contributed by atoms with E-state index in [1.165, 1.54) is 11.8 Å². The fraction of sp³-hybridized carbons (Fsp3) is 0.786. The Morgan fingerprint density at radius 2 is 2.38 bits per heavy atom. The van der Waals surface area contributed by atoms with Crippen molar-refractivity contribution in [1.82, 2.24) is 19.7 Å². The highest BCUT2D eigenvalue weighted by atomic mass is 32.2. The number of nitrogens with zero attached hydrogens (tertiary/aromatic N) is 4. The molecule has 0 saturated carbocycles. The Hall–Kier alpha value is -1.08. The average Bonchev–Trinajstić information content (AvgIpc) is 2.94. The zero-order valence-corrected chi connectivity index (χ0v) is 13.6. The lowest BCUT2D eigenvalue weighted by Crippen LogP contribution is -2.41. The molecule has 6 nitrogen and oxygen atoms in total. The second-order valence-electron chi connectivity index (χ2n) is 5.76. The van der Waals surface area contributed by atoms with Crippen LogP contribution in [-0.2, 0) is 4.79 Å². The minimum atomic E-state index is 0.154. The van der Waals surface area contributed by atoms with E-state index in [1.54, 1.807) is 6.33 Å². The summed E-state index contributed by atoms with van der Waals surface area (Å²) in [7, 11) is 0. The minimum Gasteiger partial charge on any atom is -0.396 e. The molecule has 21 heavy (non-hydrogen) atoms. The molecule has 118 valence electrons. The molecule has 1 unspecified atom stereocenters. The van der Waals surface area contributed by atoms with Gasteiger partial charge in [0.2, 0.25) is 5.91 Å². The van der Waals surface area contributed by atoms with Crippen molar-refractivity contribution in [2.24, 2.45) is 5.92 Å². The number of thioether (sulfide) groups is 1. The van der Waals surface area contributed by atoms with E-state index < -0.39 is 0 Å². The third-order valence-electron chi connectivity index (χ3n) is 3.83. The molecule has 1 N–H and O–H groups in total. The second-order valence-corrected chi connectivity index (χ2v) is 6.71. The van der Waals surface area contributed by atoms with Crippen LogP contribution in [0.3, 0.4) is 0 Å². The Morgan fingerprint density at radius 3 is 3.10 bits per heavy atom. The molecule has 1 aromatic heterocycles. The summed E-state index contributed by atoms with van der Waals surface area (Å²) in [5.74, 6) is 0.995. The third kappa shape index (κ3) is 4.44. The highest BCUT2D eigenvalue weighted by molar-refractivity contribution is 7.99.